The number of nitrogens with zero attached hydrogens (tertiary/aromatic N) is 2. The number of hydrogen-bond donors (Lipinski definition) is 0. The highest BCUT2D eigenvalue weighted by molar-refractivity contribution is 5.94. The highest BCUT2D eigenvalue weighted by atomic mass is 15.1. The predicted molar refractivity (Wildman–Crippen MR) is 237 cm³/mol. The minimum Gasteiger partial charge on any atom is -0.311 e. The van der Waals surface area contributed by atoms with Gasteiger partial charge in [0.1, 0.15) is 0 Å². The molecule has 0 bridgehead atoms. The second-order valence-electron chi connectivity index (χ2n) is 15.4. The van der Waals surface area contributed by atoms with Crippen molar-refractivity contribution in [3.05, 3.63) is 204 Å². The number of para-hydroxylation sites is 4. The lowest BCUT2D eigenvalue weighted by Crippen LogP contribution is -2.15. The van der Waals surface area contributed by atoms with Crippen LogP contribution in [0.15, 0.2) is 182 Å². The minimum absolute atomic E-state index is 1.15. The van der Waals surface area contributed by atoms with Gasteiger partial charge in [0.05, 0.1) is 0 Å². The maximum Gasteiger partial charge on any atom is 0.0468 e. The van der Waals surface area contributed by atoms with E-state index in [1.807, 2.05) is 0 Å². The van der Waals surface area contributed by atoms with E-state index < -0.39 is 0 Å². The quantitative estimate of drug-likeness (QED) is 0.154. The summed E-state index contributed by atoms with van der Waals surface area (Å²) >= 11 is 0. The molecule has 56 heavy (non-hydrogen) atoms. The Labute approximate surface area is 331 Å². The van der Waals surface area contributed by atoms with Crippen molar-refractivity contribution in [2.24, 2.45) is 0 Å². The van der Waals surface area contributed by atoms with Crippen molar-refractivity contribution in [3.8, 4) is 22.3 Å². The van der Waals surface area contributed by atoms with Gasteiger partial charge in [-0.3, -0.25) is 0 Å². The summed E-state index contributed by atoms with van der Waals surface area (Å²) in [7, 11) is 0. The van der Waals surface area contributed by atoms with Crippen LogP contribution in [0.1, 0.15) is 47.9 Å². The van der Waals surface area contributed by atoms with E-state index in [4.69, 9.17) is 0 Å². The van der Waals surface area contributed by atoms with Gasteiger partial charge in [0.15, 0.2) is 0 Å². The smallest absolute Gasteiger partial charge is 0.0468 e. The van der Waals surface area contributed by atoms with Gasteiger partial charge in [-0.15, -0.1) is 0 Å². The first-order valence-corrected chi connectivity index (χ1v) is 20.4. The van der Waals surface area contributed by atoms with Gasteiger partial charge >= 0.3 is 0 Å². The molecule has 272 valence electrons. The van der Waals surface area contributed by atoms with Gasteiger partial charge in [0.2, 0.25) is 0 Å². The molecule has 8 aromatic carbocycles. The lowest BCUT2D eigenvalue weighted by atomic mass is 9.72. The summed E-state index contributed by atoms with van der Waals surface area (Å²) in [4.78, 5) is 4.72. The van der Waals surface area contributed by atoms with E-state index in [-0.39, 0.29) is 0 Å². The Bertz CT molecular complexity index is 2500. The number of hydrogen-bond acceptors (Lipinski definition) is 2. The molecular formula is C54H46N2. The fourth-order valence-corrected chi connectivity index (χ4v) is 9.48. The molecule has 0 heterocycles. The summed E-state index contributed by atoms with van der Waals surface area (Å²) in [5, 5.41) is 2.56. The number of benzene rings is 8. The fourth-order valence-electron chi connectivity index (χ4n) is 9.48. The normalized spacial score (nSPS) is 13.5. The van der Waals surface area contributed by atoms with Crippen molar-refractivity contribution in [1.82, 2.24) is 0 Å². The zero-order valence-electron chi connectivity index (χ0n) is 31.9. The van der Waals surface area contributed by atoms with Gasteiger partial charge in [-0.1, -0.05) is 103 Å². The molecule has 10 rings (SSSR count). The maximum atomic E-state index is 2.48. The maximum absolute atomic E-state index is 2.48. The van der Waals surface area contributed by atoms with Crippen LogP contribution >= 0.6 is 0 Å². The predicted octanol–water partition coefficient (Wildman–Crippen LogP) is 14.9. The summed E-state index contributed by atoms with van der Waals surface area (Å²) < 4.78 is 0. The Morgan fingerprint density at radius 2 is 0.589 bits per heavy atom. The summed E-state index contributed by atoms with van der Waals surface area (Å²) in [5.41, 5.74) is 19.2. The molecule has 0 amide bonds. The van der Waals surface area contributed by atoms with Crippen molar-refractivity contribution in [3.63, 3.8) is 0 Å². The van der Waals surface area contributed by atoms with Crippen LogP contribution in [0.5, 0.6) is 0 Å². The van der Waals surface area contributed by atoms with Gasteiger partial charge in [0, 0.05) is 34.1 Å². The molecule has 0 saturated carbocycles. The number of fused-ring (bicyclic) bond motifs is 3. The van der Waals surface area contributed by atoms with Crippen LogP contribution in [0, 0.1) is 0 Å². The fraction of sp³-hybridized carbons (Fsp3) is 0.148. The van der Waals surface area contributed by atoms with Crippen molar-refractivity contribution < 1.29 is 0 Å². The monoisotopic (exact) mass is 722 g/mol. The average molecular weight is 723 g/mol. The van der Waals surface area contributed by atoms with Crippen LogP contribution in [0.4, 0.5) is 34.1 Å². The van der Waals surface area contributed by atoms with Crippen LogP contribution < -0.4 is 9.80 Å². The van der Waals surface area contributed by atoms with E-state index in [1.165, 1.54) is 81.5 Å². The molecule has 0 fully saturated rings. The molecule has 2 heteroatoms. The van der Waals surface area contributed by atoms with Crippen LogP contribution in [-0.2, 0) is 25.7 Å². The summed E-state index contributed by atoms with van der Waals surface area (Å²) in [6.45, 7) is 0. The summed E-state index contributed by atoms with van der Waals surface area (Å²) in [5.74, 6) is 0. The van der Waals surface area contributed by atoms with E-state index in [0.29, 0.717) is 0 Å². The van der Waals surface area contributed by atoms with E-state index in [1.54, 1.807) is 22.3 Å². The third-order valence-electron chi connectivity index (χ3n) is 12.0. The van der Waals surface area contributed by atoms with Gasteiger partial charge < -0.3 is 9.80 Å². The molecule has 0 unspecified atom stereocenters. The van der Waals surface area contributed by atoms with Crippen LogP contribution in [0.25, 0.3) is 33.0 Å². The lowest BCUT2D eigenvalue weighted by Gasteiger charge is -2.32. The number of rotatable bonds is 8. The third kappa shape index (κ3) is 6.35. The molecule has 2 nitrogen and oxygen atoms in total. The van der Waals surface area contributed by atoms with Crippen molar-refractivity contribution in [2.45, 2.75) is 51.4 Å². The standard InChI is InChI=1S/C54H46N2/c1-5-17-43(18-6-1)55(44-19-7-2-8-20-44)47-34-31-39(32-35-47)53-49-25-13-15-27-51(49)54(52-28-16-14-26-50(52)53)42-30-29-41-38-48(36-33-40(41)37-42)56(45-21-9-3-10-22-45)46-23-11-4-12-24-46/h1-12,17-24,29-38H,13-16,25-28H2. The summed E-state index contributed by atoms with van der Waals surface area (Å²) in [6, 6.07) is 66.5. The van der Waals surface area contributed by atoms with Crippen LogP contribution in [0.2, 0.25) is 0 Å². The first-order chi connectivity index (χ1) is 27.8. The molecule has 0 saturated heterocycles. The molecule has 2 aliphatic rings. The molecular weight excluding hydrogens is 677 g/mol. The van der Waals surface area contributed by atoms with Crippen molar-refractivity contribution in [2.75, 3.05) is 9.80 Å². The third-order valence-corrected chi connectivity index (χ3v) is 12.0. The van der Waals surface area contributed by atoms with Crippen molar-refractivity contribution in [1.29, 1.82) is 0 Å². The lowest BCUT2D eigenvalue weighted by molar-refractivity contribution is 0.662. The minimum atomic E-state index is 1.15. The average Bonchev–Trinajstić information content (AvgIpc) is 3.27. The Balaban J connectivity index is 1.06. The number of anilines is 6. The van der Waals surface area contributed by atoms with Crippen LogP contribution in [-0.4, -0.2) is 0 Å². The van der Waals surface area contributed by atoms with Gasteiger partial charge in [-0.05, 0) is 186 Å². The molecule has 2 aliphatic carbocycles. The molecule has 0 spiro atoms. The molecule has 0 aromatic heterocycles. The Hall–Kier alpha value is -6.38. The van der Waals surface area contributed by atoms with E-state index in [9.17, 15) is 0 Å². The molecule has 0 aliphatic heterocycles. The highest BCUT2D eigenvalue weighted by Crippen LogP contribution is 2.47. The van der Waals surface area contributed by atoms with Gasteiger partial charge in [0.25, 0.3) is 0 Å². The molecule has 0 N–H and O–H groups in total. The molecule has 0 radical (unpaired) electrons. The van der Waals surface area contributed by atoms with E-state index >= 15 is 0 Å². The second kappa shape index (κ2) is 15.0. The van der Waals surface area contributed by atoms with Gasteiger partial charge in [-0.2, -0.15) is 0 Å². The Kier molecular flexibility index (Phi) is 9.17. The first-order valence-electron chi connectivity index (χ1n) is 20.4. The van der Waals surface area contributed by atoms with Crippen molar-refractivity contribution >= 4 is 44.9 Å². The topological polar surface area (TPSA) is 6.48 Å². The summed E-state index contributed by atoms with van der Waals surface area (Å²) in [6.07, 6.45) is 9.63. The zero-order valence-corrected chi connectivity index (χ0v) is 31.9. The Morgan fingerprint density at radius 1 is 0.268 bits per heavy atom. The van der Waals surface area contributed by atoms with Gasteiger partial charge in [-0.25, -0.2) is 0 Å². The largest absolute Gasteiger partial charge is 0.311 e. The van der Waals surface area contributed by atoms with E-state index in [0.717, 1.165) is 37.1 Å². The molecule has 8 aromatic rings. The zero-order chi connectivity index (χ0) is 37.3. The molecule has 0 atom stereocenters. The Morgan fingerprint density at radius 3 is 1.04 bits per heavy atom. The highest BCUT2D eigenvalue weighted by Gasteiger charge is 2.28. The van der Waals surface area contributed by atoms with E-state index in [2.05, 4.69) is 192 Å². The second-order valence-corrected chi connectivity index (χ2v) is 15.4. The SMILES string of the molecule is c1ccc(N(c2ccccc2)c2ccc(-c3c4c(c(-c5ccc6cc(N(c7ccccc7)c7ccccc7)ccc6c5)c5c3CCCC5)CCCC4)cc2)cc1. The first kappa shape index (κ1) is 34.1. The van der Waals surface area contributed by atoms with Crippen LogP contribution in [0.3, 0.4) is 0 Å².